The minimum atomic E-state index is -1.21. The maximum absolute atomic E-state index is 14.1. The molecule has 0 bridgehead atoms. The number of unbranched alkanes of at least 4 members (excludes halogenated alkanes) is 5. The second-order valence-corrected chi connectivity index (χ2v) is 7.17. The minimum absolute atomic E-state index is 0.156. The first-order valence-corrected chi connectivity index (χ1v) is 9.80. The van der Waals surface area contributed by atoms with Crippen molar-refractivity contribution < 1.29 is 13.9 Å². The van der Waals surface area contributed by atoms with E-state index in [1.165, 1.54) is 56.2 Å². The number of aromatic hydroxyl groups is 1. The van der Waals surface area contributed by atoms with Crippen molar-refractivity contribution >= 4 is 10.8 Å². The Morgan fingerprint density at radius 3 is 2.26 bits per heavy atom. The first-order chi connectivity index (χ1) is 13.1. The summed E-state index contributed by atoms with van der Waals surface area (Å²) in [5, 5.41) is 11.4. The number of benzene rings is 3. The molecule has 0 unspecified atom stereocenters. The van der Waals surface area contributed by atoms with Crippen LogP contribution in [-0.2, 0) is 6.42 Å². The Kier molecular flexibility index (Phi) is 6.44. The fourth-order valence-electron chi connectivity index (χ4n) is 3.49. The minimum Gasteiger partial charge on any atom is -0.505 e. The van der Waals surface area contributed by atoms with Crippen molar-refractivity contribution in [2.45, 2.75) is 51.9 Å². The Hall–Kier alpha value is -2.42. The predicted molar refractivity (Wildman–Crippen MR) is 108 cm³/mol. The fraction of sp³-hybridized carbons (Fsp3) is 0.333. The summed E-state index contributed by atoms with van der Waals surface area (Å²) >= 11 is 0. The molecule has 0 aromatic heterocycles. The zero-order valence-corrected chi connectivity index (χ0v) is 15.8. The average Bonchev–Trinajstić information content (AvgIpc) is 2.68. The molecule has 1 nitrogen and oxygen atoms in total. The monoisotopic (exact) mass is 368 g/mol. The summed E-state index contributed by atoms with van der Waals surface area (Å²) in [4.78, 5) is 0. The zero-order chi connectivity index (χ0) is 19.2. The van der Waals surface area contributed by atoms with Gasteiger partial charge in [0.2, 0.25) is 5.82 Å². The van der Waals surface area contributed by atoms with E-state index in [9.17, 15) is 13.9 Å². The molecule has 0 saturated carbocycles. The van der Waals surface area contributed by atoms with Crippen LogP contribution in [0.25, 0.3) is 21.9 Å². The summed E-state index contributed by atoms with van der Waals surface area (Å²) in [7, 11) is 0. The highest BCUT2D eigenvalue weighted by atomic mass is 19.2. The summed E-state index contributed by atoms with van der Waals surface area (Å²) in [6.45, 7) is 2.23. The molecule has 1 N–H and O–H groups in total. The quantitative estimate of drug-likeness (QED) is 0.411. The Bertz CT molecular complexity index is 918. The number of hydrogen-bond acceptors (Lipinski definition) is 1. The van der Waals surface area contributed by atoms with E-state index in [4.69, 9.17) is 0 Å². The van der Waals surface area contributed by atoms with E-state index in [1.54, 1.807) is 6.07 Å². The van der Waals surface area contributed by atoms with Gasteiger partial charge < -0.3 is 5.11 Å². The number of phenols is 1. The van der Waals surface area contributed by atoms with Gasteiger partial charge in [-0.1, -0.05) is 69.4 Å². The highest BCUT2D eigenvalue weighted by Gasteiger charge is 2.14. The Morgan fingerprint density at radius 2 is 1.44 bits per heavy atom. The molecule has 0 heterocycles. The van der Waals surface area contributed by atoms with E-state index in [2.05, 4.69) is 19.1 Å². The predicted octanol–water partition coefficient (Wildman–Crippen LogP) is 7.39. The highest BCUT2D eigenvalue weighted by molar-refractivity contribution is 5.88. The number of aryl methyl sites for hydroxylation is 1. The second-order valence-electron chi connectivity index (χ2n) is 7.17. The van der Waals surface area contributed by atoms with Gasteiger partial charge in [0.1, 0.15) is 0 Å². The summed E-state index contributed by atoms with van der Waals surface area (Å²) in [6, 6.07) is 14.5. The van der Waals surface area contributed by atoms with Crippen LogP contribution in [0.2, 0.25) is 0 Å². The first kappa shape index (κ1) is 19.3. The van der Waals surface area contributed by atoms with Crippen LogP contribution in [0, 0.1) is 11.6 Å². The molecule has 0 aliphatic rings. The molecule has 3 heteroatoms. The number of rotatable bonds is 8. The van der Waals surface area contributed by atoms with Gasteiger partial charge in [0.25, 0.3) is 0 Å². The van der Waals surface area contributed by atoms with Crippen molar-refractivity contribution in [1.29, 1.82) is 0 Å². The van der Waals surface area contributed by atoms with Gasteiger partial charge in [0.05, 0.1) is 0 Å². The van der Waals surface area contributed by atoms with Crippen molar-refractivity contribution in [2.24, 2.45) is 0 Å². The number of halogens is 2. The molecular formula is C24H26F2O. The van der Waals surface area contributed by atoms with Crippen molar-refractivity contribution in [3.63, 3.8) is 0 Å². The van der Waals surface area contributed by atoms with E-state index in [0.717, 1.165) is 17.2 Å². The Morgan fingerprint density at radius 1 is 0.741 bits per heavy atom. The molecule has 0 fully saturated rings. The Balaban J connectivity index is 1.73. The van der Waals surface area contributed by atoms with Gasteiger partial charge in [-0.2, -0.15) is 4.39 Å². The smallest absolute Gasteiger partial charge is 0.200 e. The molecule has 0 aliphatic carbocycles. The third kappa shape index (κ3) is 4.65. The van der Waals surface area contributed by atoms with Gasteiger partial charge in [0.15, 0.2) is 11.6 Å². The Labute approximate surface area is 159 Å². The third-order valence-corrected chi connectivity index (χ3v) is 5.10. The summed E-state index contributed by atoms with van der Waals surface area (Å²) in [5.41, 5.74) is 2.07. The third-order valence-electron chi connectivity index (χ3n) is 5.10. The average molecular weight is 368 g/mol. The van der Waals surface area contributed by atoms with Gasteiger partial charge in [-0.3, -0.25) is 0 Å². The lowest BCUT2D eigenvalue weighted by Gasteiger charge is -2.09. The second kappa shape index (κ2) is 8.98. The molecule has 3 aromatic carbocycles. The lowest BCUT2D eigenvalue weighted by molar-refractivity contribution is 0.408. The van der Waals surface area contributed by atoms with Crippen molar-refractivity contribution in [3.8, 4) is 16.9 Å². The van der Waals surface area contributed by atoms with Crippen LogP contribution in [0.4, 0.5) is 8.78 Å². The SMILES string of the molecule is CCCCCCCCc1ccc2cc(-c3ccc(O)c(F)c3F)ccc2c1. The number of fused-ring (bicyclic) bond motifs is 1. The van der Waals surface area contributed by atoms with Crippen LogP contribution in [0.5, 0.6) is 5.75 Å². The molecule has 0 atom stereocenters. The van der Waals surface area contributed by atoms with Crippen LogP contribution in [0.1, 0.15) is 51.0 Å². The van der Waals surface area contributed by atoms with Crippen LogP contribution in [0.15, 0.2) is 48.5 Å². The van der Waals surface area contributed by atoms with E-state index in [-0.39, 0.29) is 5.56 Å². The van der Waals surface area contributed by atoms with Gasteiger partial charge in [-0.25, -0.2) is 4.39 Å². The summed E-state index contributed by atoms with van der Waals surface area (Å²) in [5.74, 6) is -2.90. The lowest BCUT2D eigenvalue weighted by atomic mass is 9.98. The number of hydrogen-bond donors (Lipinski definition) is 1. The number of phenolic OH excluding ortho intramolecular Hbond substituents is 1. The van der Waals surface area contributed by atoms with Crippen molar-refractivity contribution in [2.75, 3.05) is 0 Å². The molecule has 0 spiro atoms. The van der Waals surface area contributed by atoms with Crippen LogP contribution < -0.4 is 0 Å². The lowest BCUT2D eigenvalue weighted by Crippen LogP contribution is -1.91. The summed E-state index contributed by atoms with van der Waals surface area (Å²) < 4.78 is 27.8. The fourth-order valence-corrected chi connectivity index (χ4v) is 3.49. The maximum atomic E-state index is 14.1. The van der Waals surface area contributed by atoms with Crippen LogP contribution >= 0.6 is 0 Å². The molecule has 0 radical (unpaired) electrons. The zero-order valence-electron chi connectivity index (χ0n) is 15.8. The molecular weight excluding hydrogens is 342 g/mol. The standard InChI is InChI=1S/C24H26F2O/c1-2-3-4-5-6-7-8-17-9-10-19-16-20(12-11-18(19)15-17)21-13-14-22(27)24(26)23(21)25/h9-16,27H,2-8H2,1H3. The highest BCUT2D eigenvalue weighted by Crippen LogP contribution is 2.31. The maximum Gasteiger partial charge on any atom is 0.200 e. The topological polar surface area (TPSA) is 20.2 Å². The molecule has 142 valence electrons. The van der Waals surface area contributed by atoms with Gasteiger partial charge in [-0.05, 0) is 52.9 Å². The molecule has 3 aromatic rings. The van der Waals surface area contributed by atoms with E-state index in [1.807, 2.05) is 18.2 Å². The van der Waals surface area contributed by atoms with Gasteiger partial charge in [0, 0.05) is 5.56 Å². The van der Waals surface area contributed by atoms with Crippen LogP contribution in [0.3, 0.4) is 0 Å². The molecule has 3 rings (SSSR count). The van der Waals surface area contributed by atoms with E-state index in [0.29, 0.717) is 5.56 Å². The summed E-state index contributed by atoms with van der Waals surface area (Å²) in [6.07, 6.45) is 8.76. The first-order valence-electron chi connectivity index (χ1n) is 9.80. The van der Waals surface area contributed by atoms with Gasteiger partial charge in [-0.15, -0.1) is 0 Å². The van der Waals surface area contributed by atoms with Crippen molar-refractivity contribution in [3.05, 3.63) is 65.7 Å². The normalized spacial score (nSPS) is 11.2. The van der Waals surface area contributed by atoms with Crippen molar-refractivity contribution in [1.82, 2.24) is 0 Å². The van der Waals surface area contributed by atoms with E-state index < -0.39 is 17.4 Å². The molecule has 0 amide bonds. The molecule has 0 aliphatic heterocycles. The molecule has 0 saturated heterocycles. The largest absolute Gasteiger partial charge is 0.505 e. The van der Waals surface area contributed by atoms with Gasteiger partial charge >= 0.3 is 0 Å². The molecule has 27 heavy (non-hydrogen) atoms. The van der Waals surface area contributed by atoms with Crippen LogP contribution in [-0.4, -0.2) is 5.11 Å². The van der Waals surface area contributed by atoms with E-state index >= 15 is 0 Å².